The van der Waals surface area contributed by atoms with Crippen LogP contribution in [0.4, 0.5) is 18.9 Å². The third-order valence-corrected chi connectivity index (χ3v) is 1.83. The van der Waals surface area contributed by atoms with Gasteiger partial charge < -0.3 is 5.32 Å². The molecule has 0 atom stereocenters. The highest BCUT2D eigenvalue weighted by Crippen LogP contribution is 2.30. The Morgan fingerprint density at radius 2 is 2.00 bits per heavy atom. The van der Waals surface area contributed by atoms with Crippen LogP contribution < -0.4 is 5.32 Å². The van der Waals surface area contributed by atoms with Crippen LogP contribution in [0.1, 0.15) is 19.4 Å². The normalized spacial score (nSPS) is 11.9. The standard InChI is InChI=1S/C11H13F3N/c1-8(2)7-15-10-5-3-4-9(6-10)11(12,13)14/h4-6,8,15H,7H2,1-2H3. The van der Waals surface area contributed by atoms with Crippen molar-refractivity contribution in [3.8, 4) is 0 Å². The number of alkyl halides is 3. The fraction of sp³-hybridized carbons (Fsp3) is 0.455. The largest absolute Gasteiger partial charge is 0.416 e. The van der Waals surface area contributed by atoms with E-state index in [4.69, 9.17) is 0 Å². The van der Waals surface area contributed by atoms with Crippen molar-refractivity contribution in [1.82, 2.24) is 0 Å². The molecule has 0 bridgehead atoms. The number of nitrogens with one attached hydrogen (secondary N) is 1. The first kappa shape index (κ1) is 11.9. The van der Waals surface area contributed by atoms with E-state index in [9.17, 15) is 13.2 Å². The van der Waals surface area contributed by atoms with E-state index in [-0.39, 0.29) is 0 Å². The highest BCUT2D eigenvalue weighted by molar-refractivity contribution is 5.45. The van der Waals surface area contributed by atoms with Crippen LogP contribution in [0.2, 0.25) is 0 Å². The average molecular weight is 216 g/mol. The summed E-state index contributed by atoms with van der Waals surface area (Å²) in [5.74, 6) is 0.388. The van der Waals surface area contributed by atoms with E-state index < -0.39 is 11.7 Å². The fourth-order valence-corrected chi connectivity index (χ4v) is 1.06. The maximum atomic E-state index is 12.3. The fourth-order valence-electron chi connectivity index (χ4n) is 1.06. The first-order chi connectivity index (χ1) is 6.89. The van der Waals surface area contributed by atoms with Crippen LogP contribution in [0.5, 0.6) is 0 Å². The maximum absolute atomic E-state index is 12.3. The minimum absolute atomic E-state index is 0.388. The van der Waals surface area contributed by atoms with E-state index in [2.05, 4.69) is 11.4 Å². The summed E-state index contributed by atoms with van der Waals surface area (Å²) in [6, 6.07) is 6.03. The van der Waals surface area contributed by atoms with E-state index in [0.717, 1.165) is 12.1 Å². The molecule has 0 aromatic heterocycles. The first-order valence-electron chi connectivity index (χ1n) is 4.72. The van der Waals surface area contributed by atoms with E-state index in [1.54, 1.807) is 0 Å². The zero-order valence-corrected chi connectivity index (χ0v) is 8.65. The van der Waals surface area contributed by atoms with Crippen molar-refractivity contribution < 1.29 is 13.2 Å². The minimum Gasteiger partial charge on any atom is -0.385 e. The Morgan fingerprint density at radius 1 is 1.33 bits per heavy atom. The summed E-state index contributed by atoms with van der Waals surface area (Å²) in [6.45, 7) is 4.63. The maximum Gasteiger partial charge on any atom is 0.416 e. The molecule has 0 unspecified atom stereocenters. The van der Waals surface area contributed by atoms with Gasteiger partial charge in [0.15, 0.2) is 0 Å². The number of halogens is 3. The molecule has 0 amide bonds. The molecule has 1 rings (SSSR count). The Labute approximate surface area is 87.3 Å². The molecule has 1 aromatic carbocycles. The number of benzene rings is 1. The Kier molecular flexibility index (Phi) is 3.61. The van der Waals surface area contributed by atoms with Crippen molar-refractivity contribution in [3.63, 3.8) is 0 Å². The Balaban J connectivity index is 2.75. The van der Waals surface area contributed by atoms with Crippen LogP contribution in [0.3, 0.4) is 0 Å². The van der Waals surface area contributed by atoms with Gasteiger partial charge in [-0.1, -0.05) is 13.8 Å². The quantitative estimate of drug-likeness (QED) is 0.814. The topological polar surface area (TPSA) is 12.0 Å². The summed E-state index contributed by atoms with van der Waals surface area (Å²) in [5, 5.41) is 2.93. The predicted octanol–water partition coefficient (Wildman–Crippen LogP) is 3.57. The minimum atomic E-state index is -4.30. The van der Waals surface area contributed by atoms with Gasteiger partial charge in [-0.2, -0.15) is 13.2 Å². The molecular weight excluding hydrogens is 203 g/mol. The van der Waals surface area contributed by atoms with Gasteiger partial charge in [-0.05, 0) is 30.2 Å². The third kappa shape index (κ3) is 3.81. The van der Waals surface area contributed by atoms with Gasteiger partial charge in [-0.3, -0.25) is 0 Å². The molecule has 83 valence electrons. The second-order valence-corrected chi connectivity index (χ2v) is 3.78. The van der Waals surface area contributed by atoms with Crippen molar-refractivity contribution in [2.45, 2.75) is 20.0 Å². The first-order valence-corrected chi connectivity index (χ1v) is 4.72. The number of hydrogen-bond donors (Lipinski definition) is 1. The highest BCUT2D eigenvalue weighted by atomic mass is 19.4. The van der Waals surface area contributed by atoms with Crippen LogP contribution in [0, 0.1) is 12.0 Å². The Hall–Kier alpha value is -1.19. The molecule has 1 nitrogen and oxygen atoms in total. The Bertz CT molecular complexity index is 318. The van der Waals surface area contributed by atoms with Gasteiger partial charge in [0.05, 0.1) is 5.56 Å². The molecule has 0 spiro atoms. The van der Waals surface area contributed by atoms with Crippen LogP contribution >= 0.6 is 0 Å². The van der Waals surface area contributed by atoms with Crippen LogP contribution in [0.15, 0.2) is 18.2 Å². The molecule has 4 heteroatoms. The van der Waals surface area contributed by atoms with Crippen molar-refractivity contribution in [2.24, 2.45) is 5.92 Å². The molecule has 0 aliphatic heterocycles. The van der Waals surface area contributed by atoms with E-state index in [0.29, 0.717) is 18.2 Å². The van der Waals surface area contributed by atoms with Gasteiger partial charge in [0, 0.05) is 12.2 Å². The second-order valence-electron chi connectivity index (χ2n) is 3.78. The molecule has 0 fully saturated rings. The van der Waals surface area contributed by atoms with Crippen molar-refractivity contribution >= 4 is 5.69 Å². The van der Waals surface area contributed by atoms with E-state index in [1.807, 2.05) is 13.8 Å². The van der Waals surface area contributed by atoms with Crippen molar-refractivity contribution in [3.05, 3.63) is 29.8 Å². The molecule has 0 saturated carbocycles. The summed E-state index contributed by atoms with van der Waals surface area (Å²) >= 11 is 0. The second kappa shape index (κ2) is 4.55. The molecule has 1 aromatic rings. The number of rotatable bonds is 3. The van der Waals surface area contributed by atoms with Crippen LogP contribution in [-0.2, 0) is 6.18 Å². The molecular formula is C11H13F3N. The molecule has 15 heavy (non-hydrogen) atoms. The van der Waals surface area contributed by atoms with Gasteiger partial charge in [-0.15, -0.1) is 0 Å². The van der Waals surface area contributed by atoms with E-state index >= 15 is 0 Å². The molecule has 0 aliphatic rings. The van der Waals surface area contributed by atoms with Crippen LogP contribution in [-0.4, -0.2) is 6.54 Å². The molecule has 0 heterocycles. The highest BCUT2D eigenvalue weighted by Gasteiger charge is 2.30. The van der Waals surface area contributed by atoms with Gasteiger partial charge in [-0.25, -0.2) is 0 Å². The molecule has 1 radical (unpaired) electrons. The van der Waals surface area contributed by atoms with Gasteiger partial charge in [0.2, 0.25) is 0 Å². The van der Waals surface area contributed by atoms with Crippen LogP contribution in [0.25, 0.3) is 0 Å². The SMILES string of the molecule is CC(C)CNc1c[c]cc(C(F)(F)F)c1. The molecule has 0 aliphatic carbocycles. The number of anilines is 1. The van der Waals surface area contributed by atoms with Crippen molar-refractivity contribution in [1.29, 1.82) is 0 Å². The van der Waals surface area contributed by atoms with Crippen molar-refractivity contribution in [2.75, 3.05) is 11.9 Å². The molecule has 0 saturated heterocycles. The predicted molar refractivity (Wildman–Crippen MR) is 53.6 cm³/mol. The zero-order chi connectivity index (χ0) is 11.5. The van der Waals surface area contributed by atoms with Gasteiger partial charge in [0.25, 0.3) is 0 Å². The summed E-state index contributed by atoms with van der Waals surface area (Å²) < 4.78 is 37.0. The summed E-state index contributed by atoms with van der Waals surface area (Å²) in [5.41, 5.74) is -0.213. The lowest BCUT2D eigenvalue weighted by Gasteiger charge is -2.11. The van der Waals surface area contributed by atoms with Gasteiger partial charge in [0.1, 0.15) is 0 Å². The lowest BCUT2D eigenvalue weighted by molar-refractivity contribution is -0.137. The zero-order valence-electron chi connectivity index (χ0n) is 8.65. The lowest BCUT2D eigenvalue weighted by atomic mass is 10.1. The monoisotopic (exact) mass is 216 g/mol. The molecule has 1 N–H and O–H groups in total. The smallest absolute Gasteiger partial charge is 0.385 e. The summed E-state index contributed by atoms with van der Waals surface area (Å²) in [4.78, 5) is 0. The lowest BCUT2D eigenvalue weighted by Crippen LogP contribution is -2.10. The third-order valence-electron chi connectivity index (χ3n) is 1.83. The summed E-state index contributed by atoms with van der Waals surface area (Å²) in [6.07, 6.45) is -4.30. The number of hydrogen-bond acceptors (Lipinski definition) is 1. The summed E-state index contributed by atoms with van der Waals surface area (Å²) in [7, 11) is 0. The van der Waals surface area contributed by atoms with E-state index in [1.165, 1.54) is 6.07 Å². The average Bonchev–Trinajstić information content (AvgIpc) is 2.14. The van der Waals surface area contributed by atoms with Gasteiger partial charge >= 0.3 is 6.18 Å². The Morgan fingerprint density at radius 3 is 2.53 bits per heavy atom.